The van der Waals surface area contributed by atoms with Crippen molar-refractivity contribution < 1.29 is 0 Å². The van der Waals surface area contributed by atoms with Crippen LogP contribution in [-0.4, -0.2) is 36.7 Å². The van der Waals surface area contributed by atoms with E-state index in [1.807, 2.05) is 0 Å². The van der Waals surface area contributed by atoms with Crippen LogP contribution >= 0.6 is 0 Å². The van der Waals surface area contributed by atoms with Crippen molar-refractivity contribution >= 4 is 17.0 Å². The van der Waals surface area contributed by atoms with Crippen molar-refractivity contribution in [2.75, 3.05) is 25.5 Å². The summed E-state index contributed by atoms with van der Waals surface area (Å²) in [6, 6.07) is 18.1. The van der Waals surface area contributed by atoms with E-state index in [-0.39, 0.29) is 0 Å². The van der Waals surface area contributed by atoms with Crippen LogP contribution in [0.5, 0.6) is 0 Å². The Morgan fingerprint density at radius 1 is 0.962 bits per heavy atom. The van der Waals surface area contributed by atoms with Crippen LogP contribution in [0.4, 0.5) is 5.69 Å². The van der Waals surface area contributed by atoms with Crippen molar-refractivity contribution in [1.29, 1.82) is 0 Å². The molecule has 0 aliphatic carbocycles. The predicted octanol–water partition coefficient (Wildman–Crippen LogP) is 5.10. The molecule has 0 spiro atoms. The van der Waals surface area contributed by atoms with Crippen molar-refractivity contribution in [3.63, 3.8) is 0 Å². The fraction of sp³-hybridized carbons (Fsp3) is 0.391. The summed E-state index contributed by atoms with van der Waals surface area (Å²) in [4.78, 5) is 2.52. The number of hydrogen-bond donors (Lipinski definition) is 0. The van der Waals surface area contributed by atoms with Crippen LogP contribution < -0.4 is 4.90 Å². The molecule has 0 bridgehead atoms. The zero-order valence-corrected chi connectivity index (χ0v) is 17.0. The Bertz CT molecular complexity index is 805. The molecule has 0 unspecified atom stereocenters. The van der Waals surface area contributed by atoms with Crippen molar-refractivity contribution in [3.05, 3.63) is 65.2 Å². The molecule has 0 atom stereocenters. The molecule has 0 fully saturated rings. The van der Waals surface area contributed by atoms with Gasteiger partial charge >= 0.3 is 0 Å². The Morgan fingerprint density at radius 3 is 2.19 bits per heavy atom. The minimum Gasteiger partial charge on any atom is -0.364 e. The van der Waals surface area contributed by atoms with E-state index in [0.29, 0.717) is 6.04 Å². The smallest absolute Gasteiger partial charge is 0.0650 e. The zero-order chi connectivity index (χ0) is 18.8. The van der Waals surface area contributed by atoms with Gasteiger partial charge in [-0.05, 0) is 50.5 Å². The zero-order valence-electron chi connectivity index (χ0n) is 17.0. The van der Waals surface area contributed by atoms with E-state index in [2.05, 4.69) is 105 Å². The van der Waals surface area contributed by atoms with E-state index in [1.54, 1.807) is 0 Å². The summed E-state index contributed by atoms with van der Waals surface area (Å²) in [6.07, 6.45) is 0. The Morgan fingerprint density at radius 2 is 1.58 bits per heavy atom. The van der Waals surface area contributed by atoms with Crippen LogP contribution in [0.1, 0.15) is 44.4 Å². The molecule has 2 aromatic carbocycles. The SMILES string of the molecule is CCN(/C1=C(\C)c2ccccc2CN(C(C)C)c2ccccc21)N(C)C. The molecule has 0 radical (unpaired) electrons. The molecule has 1 heterocycles. The topological polar surface area (TPSA) is 9.72 Å². The molecule has 0 N–H and O–H groups in total. The first kappa shape index (κ1) is 18.5. The van der Waals surface area contributed by atoms with Gasteiger partial charge in [0.15, 0.2) is 0 Å². The Kier molecular flexibility index (Phi) is 5.38. The third kappa shape index (κ3) is 3.24. The van der Waals surface area contributed by atoms with Gasteiger partial charge < -0.3 is 9.91 Å². The summed E-state index contributed by atoms with van der Waals surface area (Å²) in [6.45, 7) is 10.9. The van der Waals surface area contributed by atoms with Gasteiger partial charge in [-0.25, -0.2) is 5.01 Å². The van der Waals surface area contributed by atoms with E-state index in [1.165, 1.54) is 33.6 Å². The summed E-state index contributed by atoms with van der Waals surface area (Å²) < 4.78 is 0. The molecule has 0 saturated heterocycles. The Labute approximate surface area is 158 Å². The number of hydrazine groups is 1. The van der Waals surface area contributed by atoms with E-state index in [4.69, 9.17) is 0 Å². The lowest BCUT2D eigenvalue weighted by Crippen LogP contribution is -2.38. The maximum absolute atomic E-state index is 2.52. The number of rotatable bonds is 4. The number of benzene rings is 2. The minimum absolute atomic E-state index is 0.429. The maximum atomic E-state index is 2.52. The molecule has 0 saturated carbocycles. The van der Waals surface area contributed by atoms with E-state index >= 15 is 0 Å². The number of anilines is 1. The van der Waals surface area contributed by atoms with Crippen molar-refractivity contribution in [3.8, 4) is 0 Å². The summed E-state index contributed by atoms with van der Waals surface area (Å²) in [7, 11) is 4.24. The van der Waals surface area contributed by atoms with Gasteiger partial charge in [-0.3, -0.25) is 0 Å². The fourth-order valence-electron chi connectivity index (χ4n) is 3.98. The second-order valence-corrected chi connectivity index (χ2v) is 7.43. The summed E-state index contributed by atoms with van der Waals surface area (Å²) in [5.74, 6) is 0. The molecule has 2 aromatic rings. The number of hydrogen-bond acceptors (Lipinski definition) is 3. The predicted molar refractivity (Wildman–Crippen MR) is 113 cm³/mol. The molecular weight excluding hydrogens is 318 g/mol. The van der Waals surface area contributed by atoms with E-state index in [0.717, 1.165) is 13.1 Å². The van der Waals surface area contributed by atoms with Crippen LogP contribution in [0, 0.1) is 0 Å². The maximum Gasteiger partial charge on any atom is 0.0650 e. The molecule has 1 aliphatic heterocycles. The molecule has 3 nitrogen and oxygen atoms in total. The lowest BCUT2D eigenvalue weighted by molar-refractivity contribution is 0.104. The van der Waals surface area contributed by atoms with Crippen molar-refractivity contribution in [2.45, 2.75) is 40.3 Å². The van der Waals surface area contributed by atoms with Crippen LogP contribution in [0.15, 0.2) is 48.5 Å². The highest BCUT2D eigenvalue weighted by Gasteiger charge is 2.26. The van der Waals surface area contributed by atoms with E-state index in [9.17, 15) is 0 Å². The lowest BCUT2D eigenvalue weighted by atomic mass is 9.92. The highest BCUT2D eigenvalue weighted by atomic mass is 15.6. The van der Waals surface area contributed by atoms with Crippen LogP contribution in [0.2, 0.25) is 0 Å². The molecular formula is C23H31N3. The van der Waals surface area contributed by atoms with E-state index < -0.39 is 0 Å². The third-order valence-corrected chi connectivity index (χ3v) is 5.25. The monoisotopic (exact) mass is 349 g/mol. The Balaban J connectivity index is 2.37. The highest BCUT2D eigenvalue weighted by molar-refractivity contribution is 5.94. The second kappa shape index (κ2) is 7.55. The van der Waals surface area contributed by atoms with Gasteiger partial charge in [0.05, 0.1) is 5.70 Å². The highest BCUT2D eigenvalue weighted by Crippen LogP contribution is 2.40. The molecule has 3 heteroatoms. The average molecular weight is 350 g/mol. The van der Waals surface area contributed by atoms with Gasteiger partial charge in [0.25, 0.3) is 0 Å². The van der Waals surface area contributed by atoms with Crippen LogP contribution in [0.25, 0.3) is 11.3 Å². The molecule has 3 rings (SSSR count). The first-order valence-corrected chi connectivity index (χ1v) is 9.55. The van der Waals surface area contributed by atoms with Gasteiger partial charge in [-0.15, -0.1) is 0 Å². The molecule has 1 aliphatic rings. The number of fused-ring (bicyclic) bond motifs is 2. The van der Waals surface area contributed by atoms with Crippen LogP contribution in [-0.2, 0) is 6.54 Å². The van der Waals surface area contributed by atoms with Gasteiger partial charge in [0.1, 0.15) is 0 Å². The van der Waals surface area contributed by atoms with Crippen LogP contribution in [0.3, 0.4) is 0 Å². The normalized spacial score (nSPS) is 17.0. The summed E-state index contributed by atoms with van der Waals surface area (Å²) in [5.41, 5.74) is 8.00. The van der Waals surface area contributed by atoms with Gasteiger partial charge in [0, 0.05) is 44.5 Å². The quantitative estimate of drug-likeness (QED) is 0.711. The minimum atomic E-state index is 0.429. The van der Waals surface area contributed by atoms with Crippen molar-refractivity contribution in [1.82, 2.24) is 10.0 Å². The van der Waals surface area contributed by atoms with Gasteiger partial charge in [-0.1, -0.05) is 42.5 Å². The second-order valence-electron chi connectivity index (χ2n) is 7.43. The molecule has 26 heavy (non-hydrogen) atoms. The number of para-hydroxylation sites is 1. The first-order valence-electron chi connectivity index (χ1n) is 9.55. The largest absolute Gasteiger partial charge is 0.364 e. The molecule has 0 amide bonds. The fourth-order valence-corrected chi connectivity index (χ4v) is 3.98. The average Bonchev–Trinajstić information content (AvgIpc) is 2.62. The standard InChI is InChI=1S/C23H31N3/c1-7-26(24(5)6)23-18(4)20-13-9-8-12-19(20)16-25(17(2)3)22-15-11-10-14-21(22)23/h8-15,17H,7,16H2,1-6H3/b23-18+. The number of allylic oxidation sites excluding steroid dienone is 1. The van der Waals surface area contributed by atoms with Gasteiger partial charge in [-0.2, -0.15) is 0 Å². The summed E-state index contributed by atoms with van der Waals surface area (Å²) >= 11 is 0. The first-order chi connectivity index (χ1) is 12.5. The molecule has 0 aromatic heterocycles. The lowest BCUT2D eigenvalue weighted by Gasteiger charge is -2.39. The third-order valence-electron chi connectivity index (χ3n) is 5.25. The Hall–Kier alpha value is -2.26. The summed E-state index contributed by atoms with van der Waals surface area (Å²) in [5, 5.41) is 4.56. The van der Waals surface area contributed by atoms with Gasteiger partial charge in [0.2, 0.25) is 0 Å². The number of nitrogens with zero attached hydrogens (tertiary/aromatic N) is 3. The van der Waals surface area contributed by atoms with Crippen molar-refractivity contribution in [2.24, 2.45) is 0 Å². The molecule has 138 valence electrons.